The molecule has 1 aliphatic heterocycles. The number of fused-ring (bicyclic) bond motifs is 1. The van der Waals surface area contributed by atoms with Crippen LogP contribution in [0.25, 0.3) is 0 Å². The second-order valence-electron chi connectivity index (χ2n) is 7.65. The molecular formula is C24H40N6. The highest BCUT2D eigenvalue weighted by Gasteiger charge is 2.16. The molecule has 6 heteroatoms. The van der Waals surface area contributed by atoms with Gasteiger partial charge in [-0.05, 0) is 57.8 Å². The highest BCUT2D eigenvalue weighted by molar-refractivity contribution is 5.40. The Morgan fingerprint density at radius 1 is 1.03 bits per heavy atom. The first kappa shape index (κ1) is 24.2. The molecule has 166 valence electrons. The molecule has 0 unspecified atom stereocenters. The smallest absolute Gasteiger partial charge is 0.132 e. The van der Waals surface area contributed by atoms with Gasteiger partial charge in [0.2, 0.25) is 0 Å². The lowest BCUT2D eigenvalue weighted by molar-refractivity contribution is 0.312. The molecule has 4 rings (SSSR count). The maximum absolute atomic E-state index is 4.56. The third-order valence-electron chi connectivity index (χ3n) is 5.36. The summed E-state index contributed by atoms with van der Waals surface area (Å²) in [6, 6.07) is 6.34. The minimum atomic E-state index is 0.820. The molecule has 2 aliphatic rings. The molecule has 2 aromatic heterocycles. The van der Waals surface area contributed by atoms with E-state index in [0.717, 1.165) is 56.6 Å². The zero-order valence-electron chi connectivity index (χ0n) is 19.6. The van der Waals surface area contributed by atoms with E-state index in [1.807, 2.05) is 33.0 Å². The summed E-state index contributed by atoms with van der Waals surface area (Å²) in [5.74, 6) is 1.93. The lowest BCUT2D eigenvalue weighted by Gasteiger charge is -2.33. The van der Waals surface area contributed by atoms with E-state index in [2.05, 4.69) is 56.2 Å². The van der Waals surface area contributed by atoms with Gasteiger partial charge in [-0.25, -0.2) is 9.97 Å². The predicted octanol–water partition coefficient (Wildman–Crippen LogP) is 3.63. The third kappa shape index (κ3) is 7.65. The van der Waals surface area contributed by atoms with Gasteiger partial charge in [0.25, 0.3) is 0 Å². The Morgan fingerprint density at radius 2 is 1.77 bits per heavy atom. The normalized spacial score (nSPS) is 16.0. The van der Waals surface area contributed by atoms with Gasteiger partial charge in [0, 0.05) is 50.7 Å². The number of aromatic nitrogens is 3. The third-order valence-corrected chi connectivity index (χ3v) is 5.36. The second kappa shape index (κ2) is 13.3. The summed E-state index contributed by atoms with van der Waals surface area (Å²) < 4.78 is 0. The average molecular weight is 413 g/mol. The fourth-order valence-electron chi connectivity index (χ4n) is 3.69. The number of nitrogens with zero attached hydrogens (tertiary/aromatic N) is 5. The van der Waals surface area contributed by atoms with Crippen LogP contribution < -0.4 is 10.2 Å². The van der Waals surface area contributed by atoms with Crippen molar-refractivity contribution in [2.75, 3.05) is 44.7 Å². The van der Waals surface area contributed by atoms with Crippen LogP contribution in [-0.4, -0.2) is 59.6 Å². The van der Waals surface area contributed by atoms with E-state index in [4.69, 9.17) is 0 Å². The van der Waals surface area contributed by atoms with Crippen molar-refractivity contribution in [1.29, 1.82) is 0 Å². The van der Waals surface area contributed by atoms with Crippen molar-refractivity contribution in [3.05, 3.63) is 47.2 Å². The van der Waals surface area contributed by atoms with Gasteiger partial charge in [-0.3, -0.25) is 4.98 Å². The molecule has 0 spiro atoms. The Labute approximate surface area is 183 Å². The Kier molecular flexibility index (Phi) is 10.7. The van der Waals surface area contributed by atoms with Crippen LogP contribution in [0.2, 0.25) is 0 Å². The molecule has 0 aromatic carbocycles. The van der Waals surface area contributed by atoms with Crippen molar-refractivity contribution >= 4 is 5.82 Å². The zero-order valence-corrected chi connectivity index (χ0v) is 19.6. The monoisotopic (exact) mass is 412 g/mol. The van der Waals surface area contributed by atoms with Crippen LogP contribution in [0.1, 0.15) is 56.4 Å². The lowest BCUT2D eigenvalue weighted by atomic mass is 9.96. The zero-order chi connectivity index (χ0) is 21.8. The number of hydrogen-bond acceptors (Lipinski definition) is 6. The van der Waals surface area contributed by atoms with Gasteiger partial charge >= 0.3 is 0 Å². The Morgan fingerprint density at radius 3 is 2.47 bits per heavy atom. The van der Waals surface area contributed by atoms with E-state index >= 15 is 0 Å². The molecule has 6 nitrogen and oxygen atoms in total. The maximum Gasteiger partial charge on any atom is 0.132 e. The fraction of sp³-hybridized carbons (Fsp3) is 0.625. The summed E-state index contributed by atoms with van der Waals surface area (Å²) in [7, 11) is 2.17. The number of nitrogens with one attached hydrogen (secondary N) is 1. The number of likely N-dealkylation sites (N-methyl/N-ethyl adjacent to an activating group) is 1. The predicted molar refractivity (Wildman–Crippen MR) is 126 cm³/mol. The first-order chi connectivity index (χ1) is 14.7. The summed E-state index contributed by atoms with van der Waals surface area (Å²) in [5.41, 5.74) is 3.88. The molecule has 1 N–H and O–H groups in total. The summed E-state index contributed by atoms with van der Waals surface area (Å²) in [6.07, 6.45) is 6.99. The summed E-state index contributed by atoms with van der Waals surface area (Å²) in [5, 5.41) is 3.31. The number of pyridine rings is 1. The standard InChI is InChI=1S/C13H23N5.C9H11N.C2H6/c1-4-14-10-12-9-13(16-11(2)15-12)18-7-5-17(3)6-8-18;1-2-6-9-8(4-1)5-3-7-10-9;1-2/h9,14H,4-8,10H2,1-3H3;3,5,7H,1-2,4,6H2;1-2H3. The maximum atomic E-state index is 4.56. The molecule has 3 heterocycles. The van der Waals surface area contributed by atoms with Gasteiger partial charge < -0.3 is 15.1 Å². The number of anilines is 1. The molecule has 1 aliphatic carbocycles. The van der Waals surface area contributed by atoms with Crippen molar-refractivity contribution in [2.45, 2.75) is 59.9 Å². The molecule has 2 aromatic rings. The van der Waals surface area contributed by atoms with E-state index in [1.54, 1.807) is 0 Å². The van der Waals surface area contributed by atoms with E-state index in [1.165, 1.54) is 36.9 Å². The van der Waals surface area contributed by atoms with Crippen molar-refractivity contribution in [2.24, 2.45) is 0 Å². The minimum Gasteiger partial charge on any atom is -0.354 e. The van der Waals surface area contributed by atoms with Gasteiger partial charge in [-0.1, -0.05) is 26.8 Å². The molecular weight excluding hydrogens is 372 g/mol. The van der Waals surface area contributed by atoms with Gasteiger partial charge in [0.05, 0.1) is 5.69 Å². The minimum absolute atomic E-state index is 0.820. The van der Waals surface area contributed by atoms with Crippen molar-refractivity contribution in [3.8, 4) is 0 Å². The molecule has 0 atom stereocenters. The van der Waals surface area contributed by atoms with Crippen LogP contribution in [0.3, 0.4) is 0 Å². The fourth-order valence-corrected chi connectivity index (χ4v) is 3.69. The molecule has 0 amide bonds. The summed E-state index contributed by atoms with van der Waals surface area (Å²) >= 11 is 0. The molecule has 0 radical (unpaired) electrons. The first-order valence-electron chi connectivity index (χ1n) is 11.6. The quantitative estimate of drug-likeness (QED) is 0.828. The molecule has 0 bridgehead atoms. The van der Waals surface area contributed by atoms with E-state index in [-0.39, 0.29) is 0 Å². The highest BCUT2D eigenvalue weighted by Crippen LogP contribution is 2.17. The van der Waals surface area contributed by atoms with Crippen LogP contribution in [-0.2, 0) is 19.4 Å². The highest BCUT2D eigenvalue weighted by atomic mass is 15.3. The lowest BCUT2D eigenvalue weighted by Crippen LogP contribution is -2.45. The van der Waals surface area contributed by atoms with Gasteiger partial charge in [0.15, 0.2) is 0 Å². The van der Waals surface area contributed by atoms with Crippen molar-refractivity contribution < 1.29 is 0 Å². The molecule has 1 saturated heterocycles. The van der Waals surface area contributed by atoms with E-state index in [0.29, 0.717) is 0 Å². The number of aryl methyl sites for hydroxylation is 3. The van der Waals surface area contributed by atoms with Gasteiger partial charge in [0.1, 0.15) is 11.6 Å². The SMILES string of the molecule is CC.CCNCc1cc(N2CCN(C)CC2)nc(C)n1.c1cnc2c(c1)CCCC2. The Balaban J connectivity index is 0.000000224. The van der Waals surface area contributed by atoms with Gasteiger partial charge in [-0.2, -0.15) is 0 Å². The van der Waals surface area contributed by atoms with Crippen LogP contribution in [0.5, 0.6) is 0 Å². The van der Waals surface area contributed by atoms with Crippen molar-refractivity contribution in [3.63, 3.8) is 0 Å². The van der Waals surface area contributed by atoms with Crippen LogP contribution in [0.4, 0.5) is 5.82 Å². The number of piperazine rings is 1. The van der Waals surface area contributed by atoms with Crippen LogP contribution in [0, 0.1) is 6.92 Å². The second-order valence-corrected chi connectivity index (χ2v) is 7.65. The average Bonchev–Trinajstić information content (AvgIpc) is 2.80. The van der Waals surface area contributed by atoms with E-state index < -0.39 is 0 Å². The Bertz CT molecular complexity index is 715. The number of hydrogen-bond donors (Lipinski definition) is 1. The van der Waals surface area contributed by atoms with E-state index in [9.17, 15) is 0 Å². The Hall–Kier alpha value is -2.05. The summed E-state index contributed by atoms with van der Waals surface area (Å²) in [4.78, 5) is 18.1. The summed E-state index contributed by atoms with van der Waals surface area (Å²) in [6.45, 7) is 14.2. The van der Waals surface area contributed by atoms with Crippen LogP contribution in [0.15, 0.2) is 24.4 Å². The topological polar surface area (TPSA) is 57.2 Å². The molecule has 30 heavy (non-hydrogen) atoms. The van der Waals surface area contributed by atoms with Gasteiger partial charge in [-0.15, -0.1) is 0 Å². The first-order valence-corrected chi connectivity index (χ1v) is 11.6. The molecule has 1 fully saturated rings. The largest absolute Gasteiger partial charge is 0.354 e. The van der Waals surface area contributed by atoms with Crippen LogP contribution >= 0.6 is 0 Å². The molecule has 0 saturated carbocycles. The number of rotatable bonds is 4. The van der Waals surface area contributed by atoms with Crippen molar-refractivity contribution in [1.82, 2.24) is 25.2 Å².